The van der Waals surface area contributed by atoms with Crippen LogP contribution in [0, 0.1) is 13.8 Å². The van der Waals surface area contributed by atoms with Crippen LogP contribution in [0.3, 0.4) is 0 Å². The number of rotatable bonds is 4. The summed E-state index contributed by atoms with van der Waals surface area (Å²) in [4.78, 5) is 11.0. The summed E-state index contributed by atoms with van der Waals surface area (Å²) in [6, 6.07) is 10.0. The first-order chi connectivity index (χ1) is 9.63. The number of amides is 1. The minimum atomic E-state index is -0.407. The van der Waals surface area contributed by atoms with E-state index in [4.69, 9.17) is 0 Å². The molecule has 5 heteroatoms. The Hall–Kier alpha value is -2.30. The smallest absolute Gasteiger partial charge is 0.406 e. The van der Waals surface area contributed by atoms with Gasteiger partial charge in [0.15, 0.2) is 0 Å². The third-order valence-corrected chi connectivity index (χ3v) is 3.27. The van der Waals surface area contributed by atoms with Gasteiger partial charge >= 0.3 is 6.09 Å². The molecule has 2 aromatic rings. The molecule has 0 atom stereocenters. The van der Waals surface area contributed by atoms with Crippen LogP contribution >= 0.6 is 0 Å². The van der Waals surface area contributed by atoms with Crippen molar-refractivity contribution in [3.05, 3.63) is 47.3 Å². The maximum Gasteiger partial charge on any atom is 0.406 e. The zero-order chi connectivity index (χ0) is 14.5. The molecule has 2 rings (SSSR count). The van der Waals surface area contributed by atoms with Crippen LogP contribution in [0.1, 0.15) is 17.0 Å². The van der Waals surface area contributed by atoms with E-state index in [-0.39, 0.29) is 0 Å². The van der Waals surface area contributed by atoms with Gasteiger partial charge in [0, 0.05) is 12.2 Å². The lowest BCUT2D eigenvalue weighted by Gasteiger charge is -2.06. The van der Waals surface area contributed by atoms with Gasteiger partial charge in [0.25, 0.3) is 0 Å². The summed E-state index contributed by atoms with van der Waals surface area (Å²) in [7, 11) is 1.36. The van der Waals surface area contributed by atoms with Crippen molar-refractivity contribution in [3.63, 3.8) is 0 Å². The quantitative estimate of drug-likeness (QED) is 0.930. The third kappa shape index (κ3) is 2.99. The van der Waals surface area contributed by atoms with Gasteiger partial charge in [-0.05, 0) is 38.0 Å². The van der Waals surface area contributed by atoms with Crippen LogP contribution in [0.15, 0.2) is 30.3 Å². The molecule has 1 amide bonds. The Morgan fingerprint density at radius 1 is 1.30 bits per heavy atom. The minimum Gasteiger partial charge on any atom is -0.453 e. The van der Waals surface area contributed by atoms with Crippen molar-refractivity contribution in [2.45, 2.75) is 20.3 Å². The fraction of sp³-hybridized carbons (Fsp3) is 0.333. The van der Waals surface area contributed by atoms with E-state index < -0.39 is 6.09 Å². The standard InChI is InChI=1S/C15H19N3O2/c1-11-14(9-10-16-15(19)20-3)12(2)18(17-11)13-7-5-4-6-8-13/h4-8H,9-10H2,1-3H3,(H,16,19). The third-order valence-electron chi connectivity index (χ3n) is 3.27. The number of nitrogens with zero attached hydrogens (tertiary/aromatic N) is 2. The van der Waals surface area contributed by atoms with E-state index in [0.717, 1.165) is 29.1 Å². The molecular formula is C15H19N3O2. The maximum absolute atomic E-state index is 11.0. The summed E-state index contributed by atoms with van der Waals surface area (Å²) in [5, 5.41) is 7.26. The monoisotopic (exact) mass is 273 g/mol. The molecule has 0 fully saturated rings. The van der Waals surface area contributed by atoms with Gasteiger partial charge in [-0.3, -0.25) is 0 Å². The summed E-state index contributed by atoms with van der Waals surface area (Å²) in [5.41, 5.74) is 4.28. The number of benzene rings is 1. The van der Waals surface area contributed by atoms with Crippen LogP contribution in [0.5, 0.6) is 0 Å². The minimum absolute atomic E-state index is 0.407. The van der Waals surface area contributed by atoms with Crippen LogP contribution < -0.4 is 5.32 Å². The highest BCUT2D eigenvalue weighted by atomic mass is 16.5. The molecular weight excluding hydrogens is 254 g/mol. The Morgan fingerprint density at radius 3 is 2.65 bits per heavy atom. The highest BCUT2D eigenvalue weighted by Gasteiger charge is 2.12. The number of nitrogens with one attached hydrogen (secondary N) is 1. The molecule has 20 heavy (non-hydrogen) atoms. The van der Waals surface area contributed by atoms with E-state index >= 15 is 0 Å². The molecule has 0 saturated carbocycles. The number of alkyl carbamates (subject to hydrolysis) is 1. The zero-order valence-electron chi connectivity index (χ0n) is 12.0. The predicted molar refractivity (Wildman–Crippen MR) is 77.1 cm³/mol. The van der Waals surface area contributed by atoms with E-state index in [9.17, 15) is 4.79 Å². The van der Waals surface area contributed by atoms with Crippen molar-refractivity contribution >= 4 is 6.09 Å². The van der Waals surface area contributed by atoms with Crippen LogP contribution in [0.4, 0.5) is 4.79 Å². The zero-order valence-corrected chi connectivity index (χ0v) is 12.0. The SMILES string of the molecule is COC(=O)NCCc1c(C)nn(-c2ccccc2)c1C. The molecule has 0 aliphatic heterocycles. The summed E-state index contributed by atoms with van der Waals surface area (Å²) >= 11 is 0. The van der Waals surface area contributed by atoms with Crippen molar-refractivity contribution in [2.24, 2.45) is 0 Å². The number of ether oxygens (including phenoxy) is 1. The van der Waals surface area contributed by atoms with Gasteiger partial charge in [-0.15, -0.1) is 0 Å². The molecule has 0 aliphatic rings. The van der Waals surface area contributed by atoms with Crippen molar-refractivity contribution in [1.29, 1.82) is 0 Å². The Kier molecular flexibility index (Phi) is 4.40. The number of methoxy groups -OCH3 is 1. The number of carbonyl (C=O) groups is 1. The fourth-order valence-corrected chi connectivity index (χ4v) is 2.22. The predicted octanol–water partition coefficient (Wildman–Crippen LogP) is 2.39. The van der Waals surface area contributed by atoms with Gasteiger partial charge in [-0.2, -0.15) is 5.10 Å². The Balaban J connectivity index is 2.15. The van der Waals surface area contributed by atoms with Crippen molar-refractivity contribution in [2.75, 3.05) is 13.7 Å². The number of aromatic nitrogens is 2. The molecule has 1 aromatic carbocycles. The Morgan fingerprint density at radius 2 is 2.00 bits per heavy atom. The first kappa shape index (κ1) is 14.1. The van der Waals surface area contributed by atoms with Crippen LogP contribution in [0.2, 0.25) is 0 Å². The summed E-state index contributed by atoms with van der Waals surface area (Å²) in [5.74, 6) is 0. The topological polar surface area (TPSA) is 56.1 Å². The highest BCUT2D eigenvalue weighted by Crippen LogP contribution is 2.17. The summed E-state index contributed by atoms with van der Waals surface area (Å²) in [6.07, 6.45) is 0.329. The van der Waals surface area contributed by atoms with Gasteiger partial charge in [0.1, 0.15) is 0 Å². The highest BCUT2D eigenvalue weighted by molar-refractivity contribution is 5.66. The normalized spacial score (nSPS) is 10.3. The van der Waals surface area contributed by atoms with E-state index in [1.54, 1.807) is 0 Å². The second-order valence-electron chi connectivity index (χ2n) is 4.57. The van der Waals surface area contributed by atoms with Gasteiger partial charge in [-0.25, -0.2) is 9.48 Å². The Labute approximate surface area is 118 Å². The maximum atomic E-state index is 11.0. The molecule has 1 N–H and O–H groups in total. The number of hydrogen-bond donors (Lipinski definition) is 1. The summed E-state index contributed by atoms with van der Waals surface area (Å²) < 4.78 is 6.49. The van der Waals surface area contributed by atoms with Crippen LogP contribution in [-0.2, 0) is 11.2 Å². The van der Waals surface area contributed by atoms with Crippen molar-refractivity contribution < 1.29 is 9.53 Å². The number of carbonyl (C=O) groups excluding carboxylic acids is 1. The average molecular weight is 273 g/mol. The molecule has 0 bridgehead atoms. The lowest BCUT2D eigenvalue weighted by atomic mass is 10.1. The molecule has 106 valence electrons. The van der Waals surface area contributed by atoms with Crippen molar-refractivity contribution in [1.82, 2.24) is 15.1 Å². The molecule has 0 unspecified atom stereocenters. The number of para-hydroxylation sites is 1. The fourth-order valence-electron chi connectivity index (χ4n) is 2.22. The largest absolute Gasteiger partial charge is 0.453 e. The molecule has 1 aromatic heterocycles. The molecule has 0 aliphatic carbocycles. The molecule has 1 heterocycles. The molecule has 0 saturated heterocycles. The molecule has 5 nitrogen and oxygen atoms in total. The van der Waals surface area contributed by atoms with Gasteiger partial charge in [0.2, 0.25) is 0 Å². The molecule has 0 radical (unpaired) electrons. The van der Waals surface area contributed by atoms with Crippen LogP contribution in [0.25, 0.3) is 5.69 Å². The summed E-state index contributed by atoms with van der Waals surface area (Å²) in [6.45, 7) is 4.56. The van der Waals surface area contributed by atoms with E-state index in [1.807, 2.05) is 48.9 Å². The number of hydrogen-bond acceptors (Lipinski definition) is 3. The lowest BCUT2D eigenvalue weighted by molar-refractivity contribution is 0.171. The number of aryl methyl sites for hydroxylation is 1. The average Bonchev–Trinajstić information content (AvgIpc) is 2.75. The Bertz CT molecular complexity index is 591. The van der Waals surface area contributed by atoms with E-state index in [0.29, 0.717) is 6.54 Å². The van der Waals surface area contributed by atoms with E-state index in [1.165, 1.54) is 7.11 Å². The van der Waals surface area contributed by atoms with E-state index in [2.05, 4.69) is 15.2 Å². The molecule has 0 spiro atoms. The first-order valence-corrected chi connectivity index (χ1v) is 6.56. The van der Waals surface area contributed by atoms with Gasteiger partial charge in [0.05, 0.1) is 18.5 Å². The van der Waals surface area contributed by atoms with Gasteiger partial charge in [-0.1, -0.05) is 18.2 Å². The second kappa shape index (κ2) is 6.23. The first-order valence-electron chi connectivity index (χ1n) is 6.56. The second-order valence-corrected chi connectivity index (χ2v) is 4.57. The van der Waals surface area contributed by atoms with Gasteiger partial charge < -0.3 is 10.1 Å². The lowest BCUT2D eigenvalue weighted by Crippen LogP contribution is -2.25. The van der Waals surface area contributed by atoms with Crippen molar-refractivity contribution in [3.8, 4) is 5.69 Å². The van der Waals surface area contributed by atoms with Crippen LogP contribution in [-0.4, -0.2) is 29.5 Å².